The lowest BCUT2D eigenvalue weighted by molar-refractivity contribution is -0.272. The fourth-order valence-electron chi connectivity index (χ4n) is 12.1. The Morgan fingerprint density at radius 3 is 1.03 bits per heavy atom. The van der Waals surface area contributed by atoms with E-state index in [1.807, 2.05) is 20.8 Å². The minimum Gasteiger partial charge on any atom is -0.501 e. The standard InChI is InChI=1S/C69H124N8O30/c1-9-22-101-43-68(7,8)41-67(5,6)42-73-50(84)11-10-12-54(88)77-69(16-13-51(85)70-19-23-95-26-29-98-32-35-102-64-55(74-44(2)81)61(92)58(89)47(38-78)105-64,17-14-52(86)71-20-24-96-27-30-99-33-36-103-65-56(75-45(3)82)62(93)59(90)48(39-79)106-65)18-15-53(87)72-21-25-97-28-31-100-34-37-104-66-57(76-46(4)83)63(94)60(91)49(40-80)107-66/h9,22,47-49,55-66,78-80,89-94H,10-21,23-43H2,1-8H3,(H,70,85)(H,71,86)(H,72,87)(H,73,84)(H,74,81)(H,75,82)(H,76,83)(H,77,88)/b22-9-. The van der Waals surface area contributed by atoms with Crippen molar-refractivity contribution in [2.75, 3.05) is 152 Å². The molecule has 3 saturated heterocycles. The molecule has 0 aromatic rings. The molecule has 3 aliphatic rings. The van der Waals surface area contributed by atoms with Crippen molar-refractivity contribution in [1.29, 1.82) is 0 Å². The first kappa shape index (κ1) is 95.7. The van der Waals surface area contributed by atoms with Gasteiger partial charge in [0.15, 0.2) is 18.9 Å². The van der Waals surface area contributed by atoms with Crippen LogP contribution >= 0.6 is 0 Å². The van der Waals surface area contributed by atoms with E-state index in [0.29, 0.717) is 13.2 Å². The highest BCUT2D eigenvalue weighted by Gasteiger charge is 2.48. The molecule has 8 amide bonds. The summed E-state index contributed by atoms with van der Waals surface area (Å²) in [7, 11) is 0. The Labute approximate surface area is 625 Å². The molecule has 15 atom stereocenters. The van der Waals surface area contributed by atoms with E-state index in [2.05, 4.69) is 56.4 Å². The van der Waals surface area contributed by atoms with Crippen LogP contribution in [0, 0.1) is 10.8 Å². The molecule has 15 unspecified atom stereocenters. The predicted octanol–water partition coefficient (Wildman–Crippen LogP) is -5.21. The molecule has 620 valence electrons. The number of hydrogen-bond acceptors (Lipinski definition) is 30. The molecule has 3 heterocycles. The number of ether oxygens (including phenoxy) is 13. The van der Waals surface area contributed by atoms with Crippen molar-refractivity contribution in [3.8, 4) is 0 Å². The van der Waals surface area contributed by atoms with Gasteiger partial charge in [0, 0.05) is 84.6 Å². The smallest absolute Gasteiger partial charge is 0.220 e. The SMILES string of the molecule is C/C=C\OCC(C)(C)CC(C)(C)CNC(=O)CCCC(=O)NC(CCC(=O)NCCOCCOCCOC1OC(CO)C(O)C(O)C1NC(C)=O)(CCC(=O)NCCOCCOCCOC1OC(CO)C(O)C(O)C1NC(C)=O)CCC(=O)NCCOCCOCCOC1OC(CO)C(O)C(O)C1NC(C)=O. The van der Waals surface area contributed by atoms with Crippen LogP contribution in [0.5, 0.6) is 0 Å². The van der Waals surface area contributed by atoms with Gasteiger partial charge in [0.1, 0.15) is 73.1 Å². The van der Waals surface area contributed by atoms with Crippen molar-refractivity contribution >= 4 is 47.3 Å². The van der Waals surface area contributed by atoms with E-state index >= 15 is 0 Å². The highest BCUT2D eigenvalue weighted by molar-refractivity contribution is 5.81. The Kier molecular flexibility index (Phi) is 47.0. The van der Waals surface area contributed by atoms with Gasteiger partial charge in [-0.2, -0.15) is 0 Å². The summed E-state index contributed by atoms with van der Waals surface area (Å²) in [6.45, 7) is 13.7. The molecular formula is C69H124N8O30. The van der Waals surface area contributed by atoms with Crippen LogP contribution in [0.1, 0.15) is 120 Å². The largest absolute Gasteiger partial charge is 0.501 e. The van der Waals surface area contributed by atoms with Crippen LogP contribution in [-0.2, 0) is 99.9 Å². The highest BCUT2D eigenvalue weighted by Crippen LogP contribution is 2.34. The van der Waals surface area contributed by atoms with Gasteiger partial charge in [0.25, 0.3) is 0 Å². The van der Waals surface area contributed by atoms with Gasteiger partial charge in [-0.05, 0) is 49.9 Å². The number of carbonyl (C=O) groups excluding carboxylic acids is 8. The van der Waals surface area contributed by atoms with Gasteiger partial charge in [-0.1, -0.05) is 33.8 Å². The molecule has 17 N–H and O–H groups in total. The predicted molar refractivity (Wildman–Crippen MR) is 376 cm³/mol. The van der Waals surface area contributed by atoms with Crippen LogP contribution in [-0.4, -0.2) is 342 Å². The fraction of sp³-hybridized carbons (Fsp3) is 0.855. The summed E-state index contributed by atoms with van der Waals surface area (Å²) in [6, 6.07) is -3.37. The maximum absolute atomic E-state index is 14.1. The lowest BCUT2D eigenvalue weighted by Gasteiger charge is -2.42. The van der Waals surface area contributed by atoms with E-state index < -0.39 is 159 Å². The van der Waals surface area contributed by atoms with Gasteiger partial charge >= 0.3 is 0 Å². The summed E-state index contributed by atoms with van der Waals surface area (Å²) in [5, 5.41) is 113. The molecule has 0 saturated carbocycles. The average Bonchev–Trinajstić information content (AvgIpc) is 0.822. The highest BCUT2D eigenvalue weighted by atomic mass is 16.7. The Morgan fingerprint density at radius 2 is 0.710 bits per heavy atom. The fourth-order valence-corrected chi connectivity index (χ4v) is 12.1. The summed E-state index contributed by atoms with van der Waals surface area (Å²) in [5.74, 6) is -3.59. The zero-order chi connectivity index (χ0) is 79.4. The van der Waals surface area contributed by atoms with Crippen molar-refractivity contribution in [1.82, 2.24) is 42.5 Å². The molecule has 3 rings (SSSR count). The van der Waals surface area contributed by atoms with Gasteiger partial charge in [0.05, 0.1) is 132 Å². The zero-order valence-corrected chi connectivity index (χ0v) is 63.2. The summed E-state index contributed by atoms with van der Waals surface area (Å²) < 4.78 is 73.0. The number of allylic oxidation sites excluding steroid dienone is 1. The molecule has 0 aromatic heterocycles. The van der Waals surface area contributed by atoms with E-state index in [1.165, 1.54) is 20.8 Å². The Hall–Kier alpha value is -5.54. The molecule has 107 heavy (non-hydrogen) atoms. The normalized spacial score (nSPS) is 25.3. The molecular weight excluding hydrogens is 1420 g/mol. The number of carbonyl (C=O) groups is 8. The Morgan fingerprint density at radius 1 is 0.402 bits per heavy atom. The summed E-state index contributed by atoms with van der Waals surface area (Å²) >= 11 is 0. The molecule has 0 aromatic carbocycles. The third-order valence-electron chi connectivity index (χ3n) is 17.2. The van der Waals surface area contributed by atoms with Gasteiger partial charge in [0.2, 0.25) is 47.3 Å². The summed E-state index contributed by atoms with van der Waals surface area (Å²) in [4.78, 5) is 104. The second-order valence-electron chi connectivity index (χ2n) is 27.9. The van der Waals surface area contributed by atoms with E-state index in [-0.39, 0.29) is 193 Å². The molecule has 0 bridgehead atoms. The van der Waals surface area contributed by atoms with Crippen LogP contribution < -0.4 is 42.5 Å². The zero-order valence-electron chi connectivity index (χ0n) is 63.2. The molecule has 38 heteroatoms. The summed E-state index contributed by atoms with van der Waals surface area (Å²) in [5.41, 5.74) is -1.84. The first-order valence-electron chi connectivity index (χ1n) is 36.5. The second-order valence-corrected chi connectivity index (χ2v) is 27.9. The molecule has 3 aliphatic heterocycles. The maximum atomic E-state index is 14.1. The maximum Gasteiger partial charge on any atom is 0.220 e. The first-order valence-corrected chi connectivity index (χ1v) is 36.5. The molecule has 0 radical (unpaired) electrons. The van der Waals surface area contributed by atoms with Gasteiger partial charge in [-0.25, -0.2) is 0 Å². The molecule has 3 fully saturated rings. The molecule has 38 nitrogen and oxygen atoms in total. The Bertz CT molecular complexity index is 2390. The minimum atomic E-state index is -1.48. The number of amides is 8. The second kappa shape index (κ2) is 52.6. The number of hydrogen-bond donors (Lipinski definition) is 17. The number of rotatable bonds is 57. The monoisotopic (exact) mass is 1540 g/mol. The van der Waals surface area contributed by atoms with Gasteiger partial charge in [-0.15, -0.1) is 0 Å². The topological polar surface area (TPSA) is 535 Å². The van der Waals surface area contributed by atoms with E-state index in [9.17, 15) is 84.3 Å². The van der Waals surface area contributed by atoms with Crippen LogP contribution in [0.2, 0.25) is 0 Å². The van der Waals surface area contributed by atoms with Gasteiger partial charge < -0.3 is 150 Å². The van der Waals surface area contributed by atoms with Crippen LogP contribution in [0.4, 0.5) is 0 Å². The Balaban J connectivity index is 1.65. The van der Waals surface area contributed by atoms with Crippen molar-refractivity contribution in [3.05, 3.63) is 12.3 Å². The van der Waals surface area contributed by atoms with Crippen molar-refractivity contribution < 1.29 is 146 Å². The van der Waals surface area contributed by atoms with Crippen molar-refractivity contribution in [2.45, 2.75) is 217 Å². The average molecular weight is 1550 g/mol. The number of aliphatic hydroxyl groups excluding tert-OH is 9. The number of nitrogens with one attached hydrogen (secondary N) is 8. The van der Waals surface area contributed by atoms with Gasteiger partial charge in [-0.3, -0.25) is 38.4 Å². The lowest BCUT2D eigenvalue weighted by Crippen LogP contribution is -2.64. The van der Waals surface area contributed by atoms with E-state index in [0.717, 1.165) is 6.42 Å². The first-order chi connectivity index (χ1) is 50.9. The molecule has 0 aliphatic carbocycles. The lowest BCUT2D eigenvalue weighted by atomic mass is 9.75. The third-order valence-corrected chi connectivity index (χ3v) is 17.2. The number of aliphatic hydroxyl groups is 9. The summed E-state index contributed by atoms with van der Waals surface area (Å²) in [6.07, 6.45) is -12.4. The van der Waals surface area contributed by atoms with Crippen molar-refractivity contribution in [3.63, 3.8) is 0 Å². The molecule has 0 spiro atoms. The van der Waals surface area contributed by atoms with Crippen LogP contribution in [0.25, 0.3) is 0 Å². The van der Waals surface area contributed by atoms with Crippen LogP contribution in [0.15, 0.2) is 12.3 Å². The third kappa shape index (κ3) is 38.8. The minimum absolute atomic E-state index is 0.0113. The van der Waals surface area contributed by atoms with Crippen molar-refractivity contribution in [2.24, 2.45) is 10.8 Å². The van der Waals surface area contributed by atoms with Crippen LogP contribution in [0.3, 0.4) is 0 Å². The van der Waals surface area contributed by atoms with E-state index in [1.54, 1.807) is 12.3 Å². The van der Waals surface area contributed by atoms with E-state index in [4.69, 9.17) is 61.6 Å². The quantitative estimate of drug-likeness (QED) is 0.0200.